The number of halogens is 1. The van der Waals surface area contributed by atoms with Crippen LogP contribution >= 0.6 is 0 Å². The lowest BCUT2D eigenvalue weighted by Gasteiger charge is -2.13. The zero-order chi connectivity index (χ0) is 21.8. The Kier molecular flexibility index (Phi) is 5.75. The fourth-order valence-corrected chi connectivity index (χ4v) is 3.24. The number of rotatable bonds is 6. The number of amides is 1. The van der Waals surface area contributed by atoms with Gasteiger partial charge in [0.15, 0.2) is 0 Å². The van der Waals surface area contributed by atoms with Crippen LogP contribution in [0, 0.1) is 5.82 Å². The van der Waals surface area contributed by atoms with E-state index in [9.17, 15) is 9.18 Å². The number of carbonyl (C=O) groups is 1. The van der Waals surface area contributed by atoms with Crippen molar-refractivity contribution in [2.24, 2.45) is 0 Å². The van der Waals surface area contributed by atoms with Crippen LogP contribution in [-0.4, -0.2) is 27.8 Å². The summed E-state index contributed by atoms with van der Waals surface area (Å²) in [6.07, 6.45) is 5.05. The Hall–Kier alpha value is -4.00. The van der Waals surface area contributed by atoms with Gasteiger partial charge in [0, 0.05) is 24.2 Å². The molecule has 4 rings (SSSR count). The molecule has 1 N–H and O–H groups in total. The lowest BCUT2D eigenvalue weighted by atomic mass is 10.1. The smallest absolute Gasteiger partial charge is 0.255 e. The fraction of sp³-hybridized carbons (Fsp3) is 0.125. The maximum absolute atomic E-state index is 13.4. The molecule has 0 saturated carbocycles. The number of ether oxygens (including phenoxy) is 1. The summed E-state index contributed by atoms with van der Waals surface area (Å²) in [6, 6.07) is 16.8. The third kappa shape index (κ3) is 4.45. The van der Waals surface area contributed by atoms with E-state index >= 15 is 0 Å². The minimum Gasteiger partial charge on any atom is -0.497 e. The number of methoxy groups -OCH3 is 1. The summed E-state index contributed by atoms with van der Waals surface area (Å²) < 4.78 is 20.2. The van der Waals surface area contributed by atoms with Crippen LogP contribution in [-0.2, 0) is 0 Å². The highest BCUT2D eigenvalue weighted by atomic mass is 19.1. The van der Waals surface area contributed by atoms with Gasteiger partial charge in [-0.05, 0) is 55.0 Å². The van der Waals surface area contributed by atoms with E-state index in [0.29, 0.717) is 22.7 Å². The third-order valence-electron chi connectivity index (χ3n) is 4.93. The molecule has 0 radical (unpaired) electrons. The topological polar surface area (TPSA) is 69.0 Å². The number of pyridine rings is 1. The highest BCUT2D eigenvalue weighted by Crippen LogP contribution is 2.27. The second kappa shape index (κ2) is 8.79. The molecule has 31 heavy (non-hydrogen) atoms. The molecule has 0 aliphatic rings. The fourth-order valence-electron chi connectivity index (χ4n) is 3.24. The molecule has 7 heteroatoms. The quantitative estimate of drug-likeness (QED) is 0.500. The van der Waals surface area contributed by atoms with E-state index in [1.165, 1.54) is 12.1 Å². The Morgan fingerprint density at radius 1 is 1.13 bits per heavy atom. The van der Waals surface area contributed by atoms with Crippen molar-refractivity contribution >= 4 is 5.91 Å². The lowest BCUT2D eigenvalue weighted by Crippen LogP contribution is -2.26. The first-order valence-corrected chi connectivity index (χ1v) is 9.76. The molecule has 2 heterocycles. The molecule has 0 fully saturated rings. The van der Waals surface area contributed by atoms with Crippen LogP contribution in [0.4, 0.5) is 4.39 Å². The van der Waals surface area contributed by atoms with Crippen molar-refractivity contribution in [3.05, 3.63) is 96.2 Å². The van der Waals surface area contributed by atoms with E-state index in [4.69, 9.17) is 4.74 Å². The molecule has 0 aliphatic carbocycles. The van der Waals surface area contributed by atoms with Crippen molar-refractivity contribution < 1.29 is 13.9 Å². The first-order chi connectivity index (χ1) is 15.0. The zero-order valence-electron chi connectivity index (χ0n) is 17.1. The third-order valence-corrected chi connectivity index (χ3v) is 4.93. The van der Waals surface area contributed by atoms with Gasteiger partial charge >= 0.3 is 0 Å². The summed E-state index contributed by atoms with van der Waals surface area (Å²) >= 11 is 0. The molecule has 1 atom stereocenters. The number of benzene rings is 2. The van der Waals surface area contributed by atoms with Crippen LogP contribution in [0.3, 0.4) is 0 Å². The summed E-state index contributed by atoms with van der Waals surface area (Å²) in [5.74, 6) is 0.0404. The molecular weight excluding hydrogens is 395 g/mol. The van der Waals surface area contributed by atoms with E-state index in [0.717, 1.165) is 11.1 Å². The van der Waals surface area contributed by atoms with Crippen LogP contribution in [0.1, 0.15) is 28.9 Å². The zero-order valence-corrected chi connectivity index (χ0v) is 17.1. The normalized spacial score (nSPS) is 11.7. The average Bonchev–Trinajstić information content (AvgIpc) is 3.26. The van der Waals surface area contributed by atoms with E-state index in [2.05, 4.69) is 15.4 Å². The monoisotopic (exact) mass is 416 g/mol. The van der Waals surface area contributed by atoms with Crippen molar-refractivity contribution in [2.45, 2.75) is 13.0 Å². The molecule has 2 aromatic heterocycles. The van der Waals surface area contributed by atoms with Gasteiger partial charge in [-0.15, -0.1) is 0 Å². The maximum Gasteiger partial charge on any atom is 0.255 e. The Labute approximate surface area is 179 Å². The summed E-state index contributed by atoms with van der Waals surface area (Å²) in [4.78, 5) is 17.3. The van der Waals surface area contributed by atoms with Crippen LogP contribution < -0.4 is 10.1 Å². The second-order valence-corrected chi connectivity index (χ2v) is 7.03. The van der Waals surface area contributed by atoms with E-state index in [-0.39, 0.29) is 17.8 Å². The molecular formula is C24H21FN4O2. The lowest BCUT2D eigenvalue weighted by molar-refractivity contribution is 0.0940. The van der Waals surface area contributed by atoms with Gasteiger partial charge in [-0.1, -0.05) is 18.2 Å². The Morgan fingerprint density at radius 2 is 1.94 bits per heavy atom. The van der Waals surface area contributed by atoms with Crippen molar-refractivity contribution in [3.8, 4) is 22.7 Å². The summed E-state index contributed by atoms with van der Waals surface area (Å²) in [5.41, 5.74) is 3.17. The number of carbonyl (C=O) groups excluding carboxylic acids is 1. The van der Waals surface area contributed by atoms with Gasteiger partial charge < -0.3 is 10.1 Å². The molecule has 2 aromatic carbocycles. The van der Waals surface area contributed by atoms with Crippen LogP contribution in [0.2, 0.25) is 0 Å². The first-order valence-electron chi connectivity index (χ1n) is 9.76. The highest BCUT2D eigenvalue weighted by molar-refractivity contribution is 6.00. The van der Waals surface area contributed by atoms with Crippen LogP contribution in [0.15, 0.2) is 79.3 Å². The van der Waals surface area contributed by atoms with Gasteiger partial charge in [0.05, 0.1) is 24.4 Å². The van der Waals surface area contributed by atoms with Gasteiger partial charge in [-0.25, -0.2) is 9.07 Å². The van der Waals surface area contributed by atoms with E-state index in [1.54, 1.807) is 42.5 Å². The van der Waals surface area contributed by atoms with Crippen LogP contribution in [0.25, 0.3) is 16.9 Å². The van der Waals surface area contributed by atoms with Crippen molar-refractivity contribution in [1.29, 1.82) is 0 Å². The number of hydrogen-bond acceptors (Lipinski definition) is 4. The standard InChI is InChI=1S/C24H21FN4O2/c1-16(18-6-4-12-26-14-18)27-24(30)22-15-29(20-10-8-19(25)9-11-20)28-23(22)17-5-3-7-21(13-17)31-2/h3-16H,1-2H3,(H,27,30)/t16-/m1/s1. The predicted octanol–water partition coefficient (Wildman–Crippen LogP) is 4.57. The second-order valence-electron chi connectivity index (χ2n) is 7.03. The van der Waals surface area contributed by atoms with Crippen molar-refractivity contribution in [3.63, 3.8) is 0 Å². The molecule has 0 unspecified atom stereocenters. The Morgan fingerprint density at radius 3 is 2.65 bits per heavy atom. The molecule has 1 amide bonds. The molecule has 156 valence electrons. The Bertz CT molecular complexity index is 1190. The maximum atomic E-state index is 13.4. The van der Waals surface area contributed by atoms with Gasteiger partial charge in [0.1, 0.15) is 17.3 Å². The minimum atomic E-state index is -0.341. The largest absolute Gasteiger partial charge is 0.497 e. The number of aromatic nitrogens is 3. The molecule has 6 nitrogen and oxygen atoms in total. The SMILES string of the molecule is COc1cccc(-c2nn(-c3ccc(F)cc3)cc2C(=O)N[C@H](C)c2cccnc2)c1. The van der Waals surface area contributed by atoms with Crippen LogP contribution in [0.5, 0.6) is 5.75 Å². The molecule has 0 saturated heterocycles. The first kappa shape index (κ1) is 20.3. The van der Waals surface area contributed by atoms with Gasteiger partial charge in [0.25, 0.3) is 5.91 Å². The Balaban J connectivity index is 1.73. The average molecular weight is 416 g/mol. The number of hydrogen-bond donors (Lipinski definition) is 1. The van der Waals surface area contributed by atoms with Gasteiger partial charge in [-0.2, -0.15) is 5.10 Å². The van der Waals surface area contributed by atoms with Crippen molar-refractivity contribution in [2.75, 3.05) is 7.11 Å². The van der Waals surface area contributed by atoms with E-state index in [1.807, 2.05) is 43.3 Å². The minimum absolute atomic E-state index is 0.242. The van der Waals surface area contributed by atoms with Gasteiger partial charge in [-0.3, -0.25) is 9.78 Å². The summed E-state index contributed by atoms with van der Waals surface area (Å²) in [7, 11) is 1.58. The number of nitrogens with one attached hydrogen (secondary N) is 1. The summed E-state index contributed by atoms with van der Waals surface area (Å²) in [6.45, 7) is 1.89. The molecule has 0 aliphatic heterocycles. The molecule has 0 bridgehead atoms. The van der Waals surface area contributed by atoms with E-state index < -0.39 is 0 Å². The number of nitrogens with zero attached hydrogens (tertiary/aromatic N) is 3. The van der Waals surface area contributed by atoms with Crippen molar-refractivity contribution in [1.82, 2.24) is 20.1 Å². The highest BCUT2D eigenvalue weighted by Gasteiger charge is 2.21. The molecule has 0 spiro atoms. The molecule has 4 aromatic rings. The predicted molar refractivity (Wildman–Crippen MR) is 116 cm³/mol. The summed E-state index contributed by atoms with van der Waals surface area (Å²) in [5, 5.41) is 7.62. The van der Waals surface area contributed by atoms with Gasteiger partial charge in [0.2, 0.25) is 0 Å².